The quantitative estimate of drug-likeness (QED) is 0.574. The molecule has 1 aliphatic heterocycles. The Morgan fingerprint density at radius 3 is 2.12 bits per heavy atom. The minimum atomic E-state index is -3.42. The van der Waals surface area contributed by atoms with E-state index in [0.29, 0.717) is 43.7 Å². The molecule has 1 heterocycles. The molecule has 32 heavy (non-hydrogen) atoms. The van der Waals surface area contributed by atoms with E-state index in [2.05, 4.69) is 10.0 Å². The maximum Gasteiger partial charge on any atom is 0.232 e. The standard InChI is InChI=1S/C22H29N3O5S2/c1-2-16-31(27,28)24-21-10-8-20(9-11-21)23-22(26)19-12-14-25(15-13-19)32(29,30)17-18-6-4-3-5-7-18/h3-11,19,24H,2,12-17H2,1H3,(H,23,26). The SMILES string of the molecule is CCCS(=O)(=O)Nc1ccc(NC(=O)C2CCN(S(=O)(=O)Cc3ccccc3)CC2)cc1. The molecule has 0 saturated carbocycles. The highest BCUT2D eigenvalue weighted by atomic mass is 32.2. The highest BCUT2D eigenvalue weighted by Crippen LogP contribution is 2.24. The van der Waals surface area contributed by atoms with E-state index in [-0.39, 0.29) is 23.3 Å². The van der Waals surface area contributed by atoms with Gasteiger partial charge in [0.1, 0.15) is 0 Å². The summed E-state index contributed by atoms with van der Waals surface area (Å²) in [5, 5.41) is 2.84. The molecule has 0 aliphatic carbocycles. The minimum Gasteiger partial charge on any atom is -0.326 e. The third-order valence-corrected chi connectivity index (χ3v) is 8.65. The number of carbonyl (C=O) groups excluding carboxylic acids is 1. The van der Waals surface area contributed by atoms with Crippen LogP contribution in [0.2, 0.25) is 0 Å². The molecule has 0 bridgehead atoms. The normalized spacial score (nSPS) is 15.9. The van der Waals surface area contributed by atoms with Gasteiger partial charge in [0.25, 0.3) is 0 Å². The summed E-state index contributed by atoms with van der Waals surface area (Å²) in [7, 11) is -6.79. The number of benzene rings is 2. The fraction of sp³-hybridized carbons (Fsp3) is 0.409. The van der Waals surface area contributed by atoms with Crippen LogP contribution < -0.4 is 10.0 Å². The van der Waals surface area contributed by atoms with Gasteiger partial charge in [-0.25, -0.2) is 21.1 Å². The summed E-state index contributed by atoms with van der Waals surface area (Å²) in [6.45, 7) is 2.41. The maximum atomic E-state index is 12.7. The number of nitrogens with zero attached hydrogens (tertiary/aromatic N) is 1. The lowest BCUT2D eigenvalue weighted by Gasteiger charge is -2.30. The van der Waals surface area contributed by atoms with Gasteiger partial charge in [0, 0.05) is 30.4 Å². The number of hydrogen-bond acceptors (Lipinski definition) is 5. The van der Waals surface area contributed by atoms with Crippen LogP contribution in [0.1, 0.15) is 31.7 Å². The summed E-state index contributed by atoms with van der Waals surface area (Å²) in [4.78, 5) is 12.6. The predicted octanol–water partition coefficient (Wildman–Crippen LogP) is 3.02. The summed E-state index contributed by atoms with van der Waals surface area (Å²) in [6, 6.07) is 15.5. The van der Waals surface area contributed by atoms with Crippen molar-refractivity contribution in [2.24, 2.45) is 5.92 Å². The molecule has 0 aromatic heterocycles. The Morgan fingerprint density at radius 1 is 0.938 bits per heavy atom. The Kier molecular flexibility index (Phi) is 7.91. The van der Waals surface area contributed by atoms with E-state index in [4.69, 9.17) is 0 Å². The van der Waals surface area contributed by atoms with E-state index in [1.54, 1.807) is 43.3 Å². The highest BCUT2D eigenvalue weighted by Gasteiger charge is 2.31. The lowest BCUT2D eigenvalue weighted by atomic mass is 9.97. The van der Waals surface area contributed by atoms with Crippen LogP contribution in [0.15, 0.2) is 54.6 Å². The molecule has 2 N–H and O–H groups in total. The van der Waals surface area contributed by atoms with Crippen molar-refractivity contribution in [2.75, 3.05) is 28.9 Å². The third-order valence-electron chi connectivity index (χ3n) is 5.31. The molecular formula is C22H29N3O5S2. The van der Waals surface area contributed by atoms with Crippen molar-refractivity contribution in [1.82, 2.24) is 4.31 Å². The Morgan fingerprint density at radius 2 is 1.53 bits per heavy atom. The number of amides is 1. The van der Waals surface area contributed by atoms with Crippen molar-refractivity contribution < 1.29 is 21.6 Å². The molecule has 0 spiro atoms. The van der Waals surface area contributed by atoms with Gasteiger partial charge in [-0.1, -0.05) is 37.3 Å². The van der Waals surface area contributed by atoms with Gasteiger partial charge in [-0.05, 0) is 49.1 Å². The Balaban J connectivity index is 1.51. The molecule has 1 saturated heterocycles. The fourth-order valence-electron chi connectivity index (χ4n) is 3.64. The van der Waals surface area contributed by atoms with Gasteiger partial charge in [-0.15, -0.1) is 0 Å². The second-order valence-electron chi connectivity index (χ2n) is 7.90. The highest BCUT2D eigenvalue weighted by molar-refractivity contribution is 7.92. The molecule has 2 aromatic carbocycles. The first-order chi connectivity index (χ1) is 15.2. The lowest BCUT2D eigenvalue weighted by Crippen LogP contribution is -2.41. The van der Waals surface area contributed by atoms with Crippen LogP contribution in [0.5, 0.6) is 0 Å². The number of carbonyl (C=O) groups is 1. The van der Waals surface area contributed by atoms with Crippen molar-refractivity contribution in [3.8, 4) is 0 Å². The van der Waals surface area contributed by atoms with Crippen molar-refractivity contribution in [3.63, 3.8) is 0 Å². The largest absolute Gasteiger partial charge is 0.326 e. The number of hydrogen-bond donors (Lipinski definition) is 2. The van der Waals surface area contributed by atoms with Gasteiger partial charge >= 0.3 is 0 Å². The minimum absolute atomic E-state index is 0.0426. The monoisotopic (exact) mass is 479 g/mol. The van der Waals surface area contributed by atoms with E-state index in [9.17, 15) is 21.6 Å². The molecule has 0 unspecified atom stereocenters. The van der Waals surface area contributed by atoms with Crippen LogP contribution in [0.25, 0.3) is 0 Å². The number of piperidine rings is 1. The first-order valence-corrected chi connectivity index (χ1v) is 13.9. The van der Waals surface area contributed by atoms with Crippen molar-refractivity contribution in [3.05, 3.63) is 60.2 Å². The lowest BCUT2D eigenvalue weighted by molar-refractivity contribution is -0.120. The first-order valence-electron chi connectivity index (χ1n) is 10.6. The number of sulfonamides is 2. The number of rotatable bonds is 9. The molecule has 0 atom stereocenters. The third kappa shape index (κ3) is 6.78. The molecule has 1 fully saturated rings. The molecule has 1 aliphatic rings. The molecule has 3 rings (SSSR count). The zero-order valence-electron chi connectivity index (χ0n) is 18.0. The molecular weight excluding hydrogens is 450 g/mol. The van der Waals surface area contributed by atoms with Crippen LogP contribution >= 0.6 is 0 Å². The van der Waals surface area contributed by atoms with Gasteiger partial charge in [-0.2, -0.15) is 0 Å². The van der Waals surface area contributed by atoms with E-state index in [1.165, 1.54) is 4.31 Å². The van der Waals surface area contributed by atoms with Crippen molar-refractivity contribution in [2.45, 2.75) is 31.9 Å². The molecule has 8 nitrogen and oxygen atoms in total. The van der Waals surface area contributed by atoms with Crippen molar-refractivity contribution >= 4 is 37.3 Å². The average Bonchev–Trinajstić information content (AvgIpc) is 2.75. The van der Waals surface area contributed by atoms with Crippen LogP contribution in [-0.4, -0.2) is 45.9 Å². The predicted molar refractivity (Wildman–Crippen MR) is 126 cm³/mol. The Bertz CT molecular complexity index is 1110. The van der Waals surface area contributed by atoms with E-state index in [0.717, 1.165) is 5.56 Å². The topological polar surface area (TPSA) is 113 Å². The van der Waals surface area contributed by atoms with Crippen LogP contribution in [0.4, 0.5) is 11.4 Å². The van der Waals surface area contributed by atoms with E-state index >= 15 is 0 Å². The summed E-state index contributed by atoms with van der Waals surface area (Å²) in [6.07, 6.45) is 1.43. The summed E-state index contributed by atoms with van der Waals surface area (Å²) in [5.41, 5.74) is 1.74. The number of anilines is 2. The second kappa shape index (κ2) is 10.5. The zero-order chi connectivity index (χ0) is 23.2. The first kappa shape index (κ1) is 24.2. The van der Waals surface area contributed by atoms with Gasteiger partial charge in [0.2, 0.25) is 26.0 Å². The maximum absolute atomic E-state index is 12.7. The summed E-state index contributed by atoms with van der Waals surface area (Å²) in [5.74, 6) is -0.435. The fourth-order valence-corrected chi connectivity index (χ4v) is 6.34. The van der Waals surface area contributed by atoms with Crippen molar-refractivity contribution in [1.29, 1.82) is 0 Å². The second-order valence-corrected chi connectivity index (χ2v) is 11.7. The molecule has 174 valence electrons. The summed E-state index contributed by atoms with van der Waals surface area (Å²) >= 11 is 0. The molecule has 10 heteroatoms. The van der Waals surface area contributed by atoms with E-state index < -0.39 is 20.0 Å². The van der Waals surface area contributed by atoms with Crippen LogP contribution in [0.3, 0.4) is 0 Å². The average molecular weight is 480 g/mol. The smallest absolute Gasteiger partial charge is 0.232 e. The number of nitrogens with one attached hydrogen (secondary N) is 2. The van der Waals surface area contributed by atoms with Gasteiger partial charge in [-0.3, -0.25) is 9.52 Å². The Hall–Kier alpha value is -2.43. The summed E-state index contributed by atoms with van der Waals surface area (Å²) < 4.78 is 53.0. The molecule has 1 amide bonds. The van der Waals surface area contributed by atoms with Crippen LogP contribution in [-0.2, 0) is 30.6 Å². The molecule has 2 aromatic rings. The Labute approximate surface area is 190 Å². The van der Waals surface area contributed by atoms with Gasteiger partial charge in [0.05, 0.1) is 11.5 Å². The zero-order valence-corrected chi connectivity index (χ0v) is 19.7. The van der Waals surface area contributed by atoms with Gasteiger partial charge in [0.15, 0.2) is 0 Å². The molecule has 0 radical (unpaired) electrons. The van der Waals surface area contributed by atoms with Gasteiger partial charge < -0.3 is 5.32 Å². The van der Waals surface area contributed by atoms with Crippen LogP contribution in [0, 0.1) is 5.92 Å². The van der Waals surface area contributed by atoms with E-state index in [1.807, 2.05) is 18.2 Å².